The highest BCUT2D eigenvalue weighted by Gasteiger charge is 2.20. The van der Waals surface area contributed by atoms with Crippen molar-refractivity contribution in [2.24, 2.45) is 5.73 Å². The summed E-state index contributed by atoms with van der Waals surface area (Å²) in [7, 11) is 0. The van der Waals surface area contributed by atoms with Crippen molar-refractivity contribution in [1.82, 2.24) is 0 Å². The zero-order valence-corrected chi connectivity index (χ0v) is 13.8. The number of rotatable bonds is 6. The highest BCUT2D eigenvalue weighted by atomic mass is 35.5. The lowest BCUT2D eigenvalue weighted by molar-refractivity contribution is -0.465. The van der Waals surface area contributed by atoms with Crippen molar-refractivity contribution in [2.75, 3.05) is 6.54 Å². The average molecular weight is 367 g/mol. The van der Waals surface area contributed by atoms with Crippen molar-refractivity contribution < 1.29 is 14.5 Å². The van der Waals surface area contributed by atoms with E-state index in [0.717, 1.165) is 0 Å². The number of amides is 1. The number of nitro groups is 1. The molecule has 0 aliphatic heterocycles. The molecule has 2 aromatic rings. The van der Waals surface area contributed by atoms with Crippen LogP contribution in [0.3, 0.4) is 0 Å². The third-order valence-electron chi connectivity index (χ3n) is 3.32. The van der Waals surface area contributed by atoms with Crippen LogP contribution >= 0.6 is 23.2 Å². The highest BCUT2D eigenvalue weighted by molar-refractivity contribution is 6.44. The fourth-order valence-electron chi connectivity index (χ4n) is 2.29. The summed E-state index contributed by atoms with van der Waals surface area (Å²) < 4.78 is 0. The number of nitrogens with zero attached hydrogens (tertiary/aromatic N) is 1. The molecule has 0 fully saturated rings. The summed E-state index contributed by atoms with van der Waals surface area (Å²) >= 11 is 12.4. The van der Waals surface area contributed by atoms with E-state index in [2.05, 4.69) is 0 Å². The second-order valence-corrected chi connectivity index (χ2v) is 5.76. The minimum Gasteiger partial charge on any atom is -0.369 e. The van der Waals surface area contributed by atoms with Gasteiger partial charge in [0.15, 0.2) is 0 Å². The van der Waals surface area contributed by atoms with Gasteiger partial charge in [0.05, 0.1) is 16.5 Å². The lowest BCUT2D eigenvalue weighted by atomic mass is 9.95. The molecule has 0 atom stereocenters. The lowest BCUT2D eigenvalue weighted by Crippen LogP contribution is -2.15. The topological polar surface area (TPSA) is 103 Å². The smallest absolute Gasteiger partial charge is 0.265 e. The maximum absolute atomic E-state index is 12.1. The number of nitrogens with two attached hydrogens (primary N) is 1. The zero-order valence-electron chi connectivity index (χ0n) is 12.3. The molecule has 2 N–H and O–H groups in total. The Morgan fingerprint density at radius 1 is 1.04 bits per heavy atom. The molecule has 0 radical (unpaired) electrons. The molecule has 0 saturated carbocycles. The van der Waals surface area contributed by atoms with Crippen LogP contribution in [0.4, 0.5) is 0 Å². The molecule has 0 aromatic heterocycles. The molecule has 0 aliphatic rings. The first-order chi connectivity index (χ1) is 11.3. The van der Waals surface area contributed by atoms with Gasteiger partial charge >= 0.3 is 0 Å². The Morgan fingerprint density at radius 2 is 1.71 bits per heavy atom. The first-order valence-corrected chi connectivity index (χ1v) is 7.56. The molecule has 124 valence electrons. The van der Waals surface area contributed by atoms with Gasteiger partial charge in [0.2, 0.25) is 11.7 Å². The number of primary amides is 1. The number of Topliss-reactive ketones (excluding diaryl/α,β-unsaturated/α-hetero) is 1. The molecule has 0 spiro atoms. The highest BCUT2D eigenvalue weighted by Crippen LogP contribution is 2.37. The largest absolute Gasteiger partial charge is 0.369 e. The lowest BCUT2D eigenvalue weighted by Gasteiger charge is -2.12. The number of benzene rings is 2. The monoisotopic (exact) mass is 366 g/mol. The molecule has 8 heteroatoms. The third-order valence-corrected chi connectivity index (χ3v) is 4.24. The van der Waals surface area contributed by atoms with Crippen LogP contribution in [0.2, 0.25) is 10.0 Å². The Labute approximate surface area is 147 Å². The minimum atomic E-state index is -0.817. The fourth-order valence-corrected chi connectivity index (χ4v) is 2.80. The standard InChI is InChI=1S/C16H12Cl2N2O4/c17-15-9(7-14(19)22)5-6-12(16(15)18)10-3-1-2-4-11(10)13(21)8-20(23)24/h1-6H,7-8H2,(H2,19,22). The van der Waals surface area contributed by atoms with Crippen molar-refractivity contribution in [3.8, 4) is 11.1 Å². The number of hydrogen-bond donors (Lipinski definition) is 1. The predicted octanol–water partition coefficient (Wildman–Crippen LogP) is 3.15. The molecule has 0 bridgehead atoms. The molecule has 2 rings (SSSR count). The second-order valence-electron chi connectivity index (χ2n) is 5.00. The Balaban J connectivity index is 2.53. The van der Waals surface area contributed by atoms with E-state index in [-0.39, 0.29) is 22.0 Å². The summed E-state index contributed by atoms with van der Waals surface area (Å²) in [4.78, 5) is 33.0. The summed E-state index contributed by atoms with van der Waals surface area (Å²) in [5, 5.41) is 10.9. The fraction of sp³-hybridized carbons (Fsp3) is 0.125. The summed E-state index contributed by atoms with van der Waals surface area (Å²) in [6.07, 6.45) is -0.0687. The van der Waals surface area contributed by atoms with Crippen LogP contribution in [0.15, 0.2) is 36.4 Å². The normalized spacial score (nSPS) is 10.4. The van der Waals surface area contributed by atoms with Gasteiger partial charge in [-0.05, 0) is 11.1 Å². The van der Waals surface area contributed by atoms with E-state index < -0.39 is 23.2 Å². The molecule has 1 amide bonds. The van der Waals surface area contributed by atoms with Crippen LogP contribution in [0.1, 0.15) is 15.9 Å². The summed E-state index contributed by atoms with van der Waals surface area (Å²) in [6.45, 7) is -0.817. The molecule has 2 aromatic carbocycles. The van der Waals surface area contributed by atoms with Gasteiger partial charge in [0.1, 0.15) is 0 Å². The van der Waals surface area contributed by atoms with Gasteiger partial charge in [-0.1, -0.05) is 59.6 Å². The number of carbonyl (C=O) groups is 2. The van der Waals surface area contributed by atoms with E-state index >= 15 is 0 Å². The summed E-state index contributed by atoms with van der Waals surface area (Å²) in [5.41, 5.74) is 6.67. The third kappa shape index (κ3) is 3.90. The van der Waals surface area contributed by atoms with Gasteiger partial charge in [-0.25, -0.2) is 0 Å². The van der Waals surface area contributed by atoms with Crippen molar-refractivity contribution >= 4 is 34.9 Å². The molecule has 0 unspecified atom stereocenters. The van der Waals surface area contributed by atoms with Crippen LogP contribution in [-0.2, 0) is 11.2 Å². The van der Waals surface area contributed by atoms with Crippen LogP contribution < -0.4 is 5.73 Å². The summed E-state index contributed by atoms with van der Waals surface area (Å²) in [5.74, 6) is -1.19. The SMILES string of the molecule is NC(=O)Cc1ccc(-c2ccccc2C(=O)C[N+](=O)[O-])c(Cl)c1Cl. The first kappa shape index (κ1) is 17.9. The number of halogens is 2. The van der Waals surface area contributed by atoms with Crippen LogP contribution in [0.25, 0.3) is 11.1 Å². The van der Waals surface area contributed by atoms with Crippen LogP contribution in [-0.4, -0.2) is 23.2 Å². The molecule has 24 heavy (non-hydrogen) atoms. The predicted molar refractivity (Wildman–Crippen MR) is 91.0 cm³/mol. The van der Waals surface area contributed by atoms with Gasteiger partial charge in [-0.2, -0.15) is 0 Å². The molecule has 0 aliphatic carbocycles. The Hall–Kier alpha value is -2.44. The summed E-state index contributed by atoms with van der Waals surface area (Å²) in [6, 6.07) is 9.59. The number of hydrogen-bond acceptors (Lipinski definition) is 4. The van der Waals surface area contributed by atoms with Gasteiger partial charge in [-0.3, -0.25) is 19.7 Å². The van der Waals surface area contributed by atoms with E-state index in [0.29, 0.717) is 16.7 Å². The first-order valence-electron chi connectivity index (χ1n) is 6.80. The maximum Gasteiger partial charge on any atom is 0.265 e. The van der Waals surface area contributed by atoms with Crippen LogP contribution in [0.5, 0.6) is 0 Å². The molecule has 6 nitrogen and oxygen atoms in total. The second kappa shape index (κ2) is 7.42. The van der Waals surface area contributed by atoms with Crippen molar-refractivity contribution in [3.63, 3.8) is 0 Å². The van der Waals surface area contributed by atoms with Crippen molar-refractivity contribution in [1.29, 1.82) is 0 Å². The van der Waals surface area contributed by atoms with Gasteiger partial charge in [-0.15, -0.1) is 0 Å². The Bertz CT molecular complexity index is 837. The molecule has 0 saturated heterocycles. The molecular formula is C16H12Cl2N2O4. The van der Waals surface area contributed by atoms with E-state index in [1.54, 1.807) is 30.3 Å². The Kier molecular flexibility index (Phi) is 5.54. The van der Waals surface area contributed by atoms with Crippen molar-refractivity contribution in [2.45, 2.75) is 6.42 Å². The molecule has 0 heterocycles. The molecular weight excluding hydrogens is 355 g/mol. The maximum atomic E-state index is 12.1. The number of ketones is 1. The van der Waals surface area contributed by atoms with E-state index in [9.17, 15) is 19.7 Å². The Morgan fingerprint density at radius 3 is 2.33 bits per heavy atom. The van der Waals surface area contributed by atoms with E-state index in [1.165, 1.54) is 6.07 Å². The average Bonchev–Trinajstić information content (AvgIpc) is 2.51. The quantitative estimate of drug-likeness (QED) is 0.481. The van der Waals surface area contributed by atoms with E-state index in [4.69, 9.17) is 28.9 Å². The van der Waals surface area contributed by atoms with Gasteiger partial charge in [0.25, 0.3) is 6.54 Å². The van der Waals surface area contributed by atoms with Gasteiger partial charge < -0.3 is 5.73 Å². The number of carbonyl (C=O) groups excluding carboxylic acids is 2. The van der Waals surface area contributed by atoms with E-state index in [1.807, 2.05) is 0 Å². The van der Waals surface area contributed by atoms with Crippen molar-refractivity contribution in [3.05, 3.63) is 67.7 Å². The zero-order chi connectivity index (χ0) is 17.9. The minimum absolute atomic E-state index is 0.0687. The van der Waals surface area contributed by atoms with Crippen LogP contribution in [0, 0.1) is 10.1 Å². The van der Waals surface area contributed by atoms with Gasteiger partial charge in [0, 0.05) is 16.1 Å².